The zero-order valence-electron chi connectivity index (χ0n) is 22.3. The third-order valence-electron chi connectivity index (χ3n) is 7.73. The molecule has 0 fully saturated rings. The summed E-state index contributed by atoms with van der Waals surface area (Å²) < 4.78 is 0. The van der Waals surface area contributed by atoms with E-state index in [0.717, 1.165) is 5.69 Å². The van der Waals surface area contributed by atoms with Gasteiger partial charge in [0.2, 0.25) is 5.91 Å². The lowest BCUT2D eigenvalue weighted by atomic mass is 9.92. The Morgan fingerprint density at radius 1 is 0.562 bits per heavy atom. The van der Waals surface area contributed by atoms with E-state index in [2.05, 4.69) is 92.1 Å². The molecule has 0 aromatic heterocycles. The molecule has 0 saturated heterocycles. The highest BCUT2D eigenvalue weighted by atomic mass is 16.2. The molecule has 4 nitrogen and oxygen atoms in total. The number of carbonyl (C=O) groups is 1. The van der Waals surface area contributed by atoms with Gasteiger partial charge in [0.05, 0.1) is 0 Å². The van der Waals surface area contributed by atoms with E-state index in [4.69, 9.17) is 0 Å². The predicted octanol–water partition coefficient (Wildman–Crippen LogP) is 6.19. The topological polar surface area (TPSA) is 53.2 Å². The van der Waals surface area contributed by atoms with Crippen molar-refractivity contribution in [2.75, 3.05) is 17.2 Å². The minimum absolute atomic E-state index is 0.0121. The van der Waals surface area contributed by atoms with Gasteiger partial charge in [0.1, 0.15) is 6.04 Å². The highest BCUT2D eigenvalue weighted by Crippen LogP contribution is 2.31. The van der Waals surface area contributed by atoms with Crippen molar-refractivity contribution in [3.8, 4) is 0 Å². The maximum absolute atomic E-state index is 12.8. The molecule has 2 aromatic carbocycles. The second kappa shape index (κ2) is 9.97. The zero-order valence-corrected chi connectivity index (χ0v) is 22.3. The van der Waals surface area contributed by atoms with Gasteiger partial charge in [0.15, 0.2) is 0 Å². The molecule has 32 heavy (non-hydrogen) atoms. The zero-order chi connectivity index (χ0) is 24.5. The molecule has 3 N–H and O–H groups in total. The van der Waals surface area contributed by atoms with E-state index in [1.807, 2.05) is 6.92 Å². The fraction of sp³-hybridized carbons (Fsp3) is 0.536. The van der Waals surface area contributed by atoms with Crippen molar-refractivity contribution in [2.24, 2.45) is 0 Å². The predicted molar refractivity (Wildman–Crippen MR) is 139 cm³/mol. The molecule has 0 radical (unpaired) electrons. The molecule has 0 heterocycles. The van der Waals surface area contributed by atoms with Crippen LogP contribution in [0.15, 0.2) is 0 Å². The average molecular weight is 438 g/mol. The van der Waals surface area contributed by atoms with E-state index in [9.17, 15) is 4.79 Å². The molecule has 0 aliphatic carbocycles. The summed E-state index contributed by atoms with van der Waals surface area (Å²) in [7, 11) is 0. The maximum Gasteiger partial charge on any atom is 0.242 e. The van der Waals surface area contributed by atoms with E-state index in [0.29, 0.717) is 6.54 Å². The average Bonchev–Trinajstić information content (AvgIpc) is 2.77. The van der Waals surface area contributed by atoms with Crippen molar-refractivity contribution >= 4 is 17.3 Å². The Labute approximate surface area is 195 Å². The summed E-state index contributed by atoms with van der Waals surface area (Å²) in [4.78, 5) is 12.8. The second-order valence-electron chi connectivity index (χ2n) is 9.66. The van der Waals surface area contributed by atoms with Crippen LogP contribution in [0.3, 0.4) is 0 Å². The van der Waals surface area contributed by atoms with Crippen LogP contribution in [-0.4, -0.2) is 24.5 Å². The molecule has 2 aromatic rings. The van der Waals surface area contributed by atoms with Gasteiger partial charge < -0.3 is 16.0 Å². The van der Waals surface area contributed by atoms with Crippen LogP contribution in [-0.2, 0) is 4.79 Å². The molecular formula is C28H43N3O. The molecule has 0 aliphatic rings. The Hall–Kier alpha value is -2.49. The fourth-order valence-electron chi connectivity index (χ4n) is 4.42. The Kier molecular flexibility index (Phi) is 8.03. The van der Waals surface area contributed by atoms with Gasteiger partial charge in [0.25, 0.3) is 0 Å². The SMILES string of the molecule is Cc1c(C)c(C)c(NC(C)CNC(=O)C(C)Nc2c(C)c(C)c(C)c(C)c2C)c(C)c1C. The Morgan fingerprint density at radius 3 is 1.25 bits per heavy atom. The van der Waals surface area contributed by atoms with Crippen LogP contribution in [0.5, 0.6) is 0 Å². The molecule has 176 valence electrons. The minimum atomic E-state index is -0.312. The van der Waals surface area contributed by atoms with Crippen LogP contribution in [0, 0.1) is 69.2 Å². The van der Waals surface area contributed by atoms with Crippen LogP contribution in [0.25, 0.3) is 0 Å². The maximum atomic E-state index is 12.8. The third kappa shape index (κ3) is 4.95. The number of anilines is 2. The first kappa shape index (κ1) is 25.8. The van der Waals surface area contributed by atoms with Gasteiger partial charge in [-0.3, -0.25) is 4.79 Å². The lowest BCUT2D eigenvalue weighted by molar-refractivity contribution is -0.121. The minimum Gasteiger partial charge on any atom is -0.380 e. The van der Waals surface area contributed by atoms with Gasteiger partial charge in [-0.15, -0.1) is 0 Å². The summed E-state index contributed by atoms with van der Waals surface area (Å²) in [6.07, 6.45) is 0. The number of benzene rings is 2. The largest absolute Gasteiger partial charge is 0.380 e. The number of carbonyl (C=O) groups excluding carboxylic acids is 1. The van der Waals surface area contributed by atoms with E-state index >= 15 is 0 Å². The van der Waals surface area contributed by atoms with Crippen LogP contribution < -0.4 is 16.0 Å². The molecule has 0 spiro atoms. The van der Waals surface area contributed by atoms with E-state index < -0.39 is 0 Å². The normalized spacial score (nSPS) is 13.0. The lowest BCUT2D eigenvalue weighted by Crippen LogP contribution is -2.42. The summed E-state index contributed by atoms with van der Waals surface area (Å²) in [6, 6.07) is -0.189. The van der Waals surface area contributed by atoms with E-state index in [1.165, 1.54) is 61.3 Å². The van der Waals surface area contributed by atoms with Crippen molar-refractivity contribution in [3.05, 3.63) is 55.6 Å². The van der Waals surface area contributed by atoms with E-state index in [1.54, 1.807) is 0 Å². The van der Waals surface area contributed by atoms with Crippen molar-refractivity contribution in [2.45, 2.75) is 95.2 Å². The van der Waals surface area contributed by atoms with Gasteiger partial charge in [-0.25, -0.2) is 0 Å². The van der Waals surface area contributed by atoms with E-state index in [-0.39, 0.29) is 18.0 Å². The first-order chi connectivity index (χ1) is 14.8. The monoisotopic (exact) mass is 437 g/mol. The van der Waals surface area contributed by atoms with Gasteiger partial charge in [0, 0.05) is 24.0 Å². The van der Waals surface area contributed by atoms with Gasteiger partial charge in [-0.2, -0.15) is 0 Å². The molecule has 0 bridgehead atoms. The van der Waals surface area contributed by atoms with Gasteiger partial charge >= 0.3 is 0 Å². The Bertz CT molecular complexity index is 978. The summed E-state index contributed by atoms with van der Waals surface area (Å²) in [5, 5.41) is 10.2. The number of hydrogen-bond acceptors (Lipinski definition) is 3. The highest BCUT2D eigenvalue weighted by molar-refractivity contribution is 5.85. The molecule has 2 unspecified atom stereocenters. The van der Waals surface area contributed by atoms with Crippen LogP contribution >= 0.6 is 0 Å². The van der Waals surface area contributed by atoms with Crippen molar-refractivity contribution in [1.29, 1.82) is 0 Å². The summed E-state index contributed by atoms with van der Waals surface area (Å²) >= 11 is 0. The highest BCUT2D eigenvalue weighted by Gasteiger charge is 2.19. The third-order valence-corrected chi connectivity index (χ3v) is 7.73. The quantitative estimate of drug-likeness (QED) is 0.484. The molecular weight excluding hydrogens is 394 g/mol. The first-order valence-corrected chi connectivity index (χ1v) is 11.7. The molecule has 2 rings (SSSR count). The van der Waals surface area contributed by atoms with Crippen molar-refractivity contribution in [1.82, 2.24) is 5.32 Å². The van der Waals surface area contributed by atoms with Crippen LogP contribution in [0.1, 0.15) is 69.5 Å². The van der Waals surface area contributed by atoms with Gasteiger partial charge in [-0.05, 0) is 139 Å². The number of hydrogen-bond donors (Lipinski definition) is 3. The van der Waals surface area contributed by atoms with Crippen LogP contribution in [0.4, 0.5) is 11.4 Å². The molecule has 0 aliphatic heterocycles. The van der Waals surface area contributed by atoms with Crippen molar-refractivity contribution < 1.29 is 4.79 Å². The molecule has 1 amide bonds. The standard InChI is InChI=1S/C28H43N3O/c1-14(30-26-21(8)17(4)15(2)18(5)22(26)9)13-29-28(32)25(12)31-27-23(10)19(6)16(3)20(7)24(27)11/h14,25,30-31H,13H2,1-12H3,(H,29,32). The molecule has 0 saturated carbocycles. The summed E-state index contributed by atoms with van der Waals surface area (Å²) in [6.45, 7) is 26.2. The number of rotatable bonds is 7. The Morgan fingerprint density at radius 2 is 0.875 bits per heavy atom. The smallest absolute Gasteiger partial charge is 0.242 e. The number of nitrogens with one attached hydrogen (secondary N) is 3. The first-order valence-electron chi connectivity index (χ1n) is 11.7. The number of amides is 1. The van der Waals surface area contributed by atoms with Crippen LogP contribution in [0.2, 0.25) is 0 Å². The lowest BCUT2D eigenvalue weighted by Gasteiger charge is -2.25. The second-order valence-corrected chi connectivity index (χ2v) is 9.66. The summed E-state index contributed by atoms with van der Waals surface area (Å²) in [5.74, 6) is 0.0121. The summed E-state index contributed by atoms with van der Waals surface area (Å²) in [5.41, 5.74) is 15.2. The van der Waals surface area contributed by atoms with Crippen molar-refractivity contribution in [3.63, 3.8) is 0 Å². The molecule has 4 heteroatoms. The van der Waals surface area contributed by atoms with Gasteiger partial charge in [-0.1, -0.05) is 0 Å². The Balaban J connectivity index is 2.06. The molecule has 2 atom stereocenters. The fourth-order valence-corrected chi connectivity index (χ4v) is 4.42.